The van der Waals surface area contributed by atoms with E-state index in [1.165, 1.54) is 4.88 Å². The maximum Gasteiger partial charge on any atom is 0.183 e. The lowest BCUT2D eigenvalue weighted by atomic mass is 10.2. The van der Waals surface area contributed by atoms with E-state index in [0.29, 0.717) is 6.04 Å². The first kappa shape index (κ1) is 10.9. The summed E-state index contributed by atoms with van der Waals surface area (Å²) in [6.07, 6.45) is 0.245. The van der Waals surface area contributed by atoms with Gasteiger partial charge in [0.15, 0.2) is 5.13 Å². The van der Waals surface area contributed by atoms with E-state index in [4.69, 9.17) is 4.74 Å². The van der Waals surface area contributed by atoms with Gasteiger partial charge < -0.3 is 15.4 Å². The van der Waals surface area contributed by atoms with E-state index in [1.807, 2.05) is 6.92 Å². The van der Waals surface area contributed by atoms with E-state index >= 15 is 0 Å². The average Bonchev–Trinajstić information content (AvgIpc) is 2.75. The molecular formula is C10H17N3OS. The largest absolute Gasteiger partial charge is 0.378 e. The molecule has 0 amide bonds. The average molecular weight is 227 g/mol. The molecule has 0 spiro atoms. The molecule has 0 radical (unpaired) electrons. The number of ether oxygens (including phenoxy) is 1. The summed E-state index contributed by atoms with van der Waals surface area (Å²) in [5.41, 5.74) is 1.11. The lowest BCUT2D eigenvalue weighted by Gasteiger charge is -2.17. The Morgan fingerprint density at radius 2 is 2.27 bits per heavy atom. The minimum atomic E-state index is 0.245. The van der Waals surface area contributed by atoms with Crippen LogP contribution < -0.4 is 10.6 Å². The predicted molar refractivity (Wildman–Crippen MR) is 62.7 cm³/mol. The molecule has 0 bridgehead atoms. The monoisotopic (exact) mass is 227 g/mol. The fourth-order valence-corrected chi connectivity index (χ4v) is 2.62. The normalized spacial score (nSPS) is 25.8. The molecule has 1 fully saturated rings. The quantitative estimate of drug-likeness (QED) is 0.813. The summed E-state index contributed by atoms with van der Waals surface area (Å²) in [7, 11) is 1.75. The van der Waals surface area contributed by atoms with Gasteiger partial charge in [0, 0.05) is 25.1 Å². The van der Waals surface area contributed by atoms with E-state index in [2.05, 4.69) is 22.5 Å². The van der Waals surface area contributed by atoms with Gasteiger partial charge in [-0.05, 0) is 13.8 Å². The molecule has 1 aliphatic heterocycles. The van der Waals surface area contributed by atoms with E-state index in [-0.39, 0.29) is 6.10 Å². The topological polar surface area (TPSA) is 46.2 Å². The summed E-state index contributed by atoms with van der Waals surface area (Å²) in [6.45, 7) is 5.99. The number of nitrogens with one attached hydrogen (secondary N) is 2. The highest BCUT2D eigenvalue weighted by molar-refractivity contribution is 7.15. The Hall–Kier alpha value is -0.650. The fourth-order valence-electron chi connectivity index (χ4n) is 1.74. The first-order chi connectivity index (χ1) is 7.20. The molecule has 4 nitrogen and oxygen atoms in total. The van der Waals surface area contributed by atoms with Crippen molar-refractivity contribution in [1.82, 2.24) is 10.3 Å². The van der Waals surface area contributed by atoms with Gasteiger partial charge in [-0.25, -0.2) is 4.98 Å². The van der Waals surface area contributed by atoms with Gasteiger partial charge in [-0.2, -0.15) is 0 Å². The molecule has 1 aromatic rings. The number of aryl methyl sites for hydroxylation is 2. The smallest absolute Gasteiger partial charge is 0.183 e. The summed E-state index contributed by atoms with van der Waals surface area (Å²) >= 11 is 1.71. The fraction of sp³-hybridized carbons (Fsp3) is 0.700. The second kappa shape index (κ2) is 4.47. The lowest BCUT2D eigenvalue weighted by Crippen LogP contribution is -2.33. The third kappa shape index (κ3) is 2.30. The van der Waals surface area contributed by atoms with Crippen LogP contribution in [0.2, 0.25) is 0 Å². The molecule has 1 saturated heterocycles. The van der Waals surface area contributed by atoms with Crippen molar-refractivity contribution in [1.29, 1.82) is 0 Å². The van der Waals surface area contributed by atoms with Crippen LogP contribution in [0.4, 0.5) is 5.13 Å². The summed E-state index contributed by atoms with van der Waals surface area (Å²) in [5, 5.41) is 7.73. The number of thiazole rings is 1. The molecule has 2 rings (SSSR count). The van der Waals surface area contributed by atoms with Crippen LogP contribution in [0.5, 0.6) is 0 Å². The first-order valence-corrected chi connectivity index (χ1v) is 5.96. The second-order valence-electron chi connectivity index (χ2n) is 3.84. The van der Waals surface area contributed by atoms with Crippen LogP contribution in [0.3, 0.4) is 0 Å². The van der Waals surface area contributed by atoms with Crippen molar-refractivity contribution in [2.75, 3.05) is 25.5 Å². The zero-order chi connectivity index (χ0) is 10.8. The van der Waals surface area contributed by atoms with E-state index < -0.39 is 0 Å². The van der Waals surface area contributed by atoms with E-state index in [0.717, 1.165) is 23.9 Å². The van der Waals surface area contributed by atoms with Gasteiger partial charge in [0.2, 0.25) is 0 Å². The number of rotatable bonds is 3. The molecular weight excluding hydrogens is 210 g/mol. The zero-order valence-electron chi connectivity index (χ0n) is 9.33. The van der Waals surface area contributed by atoms with Crippen molar-refractivity contribution >= 4 is 16.5 Å². The molecule has 0 aromatic carbocycles. The Balaban J connectivity index is 2.02. The summed E-state index contributed by atoms with van der Waals surface area (Å²) < 4.78 is 5.38. The molecule has 84 valence electrons. The molecule has 1 aliphatic rings. The number of methoxy groups -OCH3 is 1. The van der Waals surface area contributed by atoms with Crippen molar-refractivity contribution in [2.45, 2.75) is 26.0 Å². The molecule has 1 aromatic heterocycles. The van der Waals surface area contributed by atoms with Gasteiger partial charge in [0.25, 0.3) is 0 Å². The molecule has 2 atom stereocenters. The molecule has 0 saturated carbocycles. The number of anilines is 1. The number of nitrogens with zero attached hydrogens (tertiary/aromatic N) is 1. The zero-order valence-corrected chi connectivity index (χ0v) is 10.1. The maximum atomic E-state index is 5.38. The molecule has 5 heteroatoms. The number of hydrogen-bond acceptors (Lipinski definition) is 5. The third-order valence-electron chi connectivity index (χ3n) is 2.80. The van der Waals surface area contributed by atoms with Gasteiger partial charge in [0.1, 0.15) is 0 Å². The van der Waals surface area contributed by atoms with Crippen molar-refractivity contribution in [3.63, 3.8) is 0 Å². The second-order valence-corrected chi connectivity index (χ2v) is 5.05. The summed E-state index contributed by atoms with van der Waals surface area (Å²) in [6, 6.07) is 0.333. The highest BCUT2D eigenvalue weighted by atomic mass is 32.1. The van der Waals surface area contributed by atoms with Gasteiger partial charge in [0.05, 0.1) is 17.8 Å². The molecule has 1 unspecified atom stereocenters. The Bertz CT molecular complexity index is 320. The Morgan fingerprint density at radius 3 is 2.87 bits per heavy atom. The van der Waals surface area contributed by atoms with Gasteiger partial charge >= 0.3 is 0 Å². The van der Waals surface area contributed by atoms with Crippen LogP contribution in [0.1, 0.15) is 10.6 Å². The lowest BCUT2D eigenvalue weighted by molar-refractivity contribution is 0.111. The van der Waals surface area contributed by atoms with E-state index in [1.54, 1.807) is 18.4 Å². The Kier molecular flexibility index (Phi) is 3.23. The maximum absolute atomic E-state index is 5.38. The third-order valence-corrected chi connectivity index (χ3v) is 3.80. The van der Waals surface area contributed by atoms with Crippen LogP contribution in [-0.4, -0.2) is 37.3 Å². The van der Waals surface area contributed by atoms with E-state index in [9.17, 15) is 0 Å². The molecule has 15 heavy (non-hydrogen) atoms. The van der Waals surface area contributed by atoms with Crippen LogP contribution >= 0.6 is 11.3 Å². The van der Waals surface area contributed by atoms with Crippen LogP contribution in [0, 0.1) is 13.8 Å². The van der Waals surface area contributed by atoms with Gasteiger partial charge in [-0.3, -0.25) is 0 Å². The Morgan fingerprint density at radius 1 is 1.47 bits per heavy atom. The molecule has 0 aliphatic carbocycles. The number of aromatic nitrogens is 1. The minimum Gasteiger partial charge on any atom is -0.378 e. The van der Waals surface area contributed by atoms with Crippen molar-refractivity contribution in [2.24, 2.45) is 0 Å². The van der Waals surface area contributed by atoms with Gasteiger partial charge in [-0.15, -0.1) is 11.3 Å². The van der Waals surface area contributed by atoms with Crippen LogP contribution in [0.25, 0.3) is 0 Å². The summed E-state index contributed by atoms with van der Waals surface area (Å²) in [5.74, 6) is 0. The minimum absolute atomic E-state index is 0.245. The van der Waals surface area contributed by atoms with Crippen molar-refractivity contribution < 1.29 is 4.74 Å². The number of hydrogen-bond donors (Lipinski definition) is 2. The standard InChI is InChI=1S/C10H17N3OS/c1-6-7(2)15-10(12-6)13-8-4-11-5-9(8)14-3/h8-9,11H,4-5H2,1-3H3,(H,12,13)/t8?,9-/m0/s1. The SMILES string of the molecule is CO[C@H]1CNCC1Nc1nc(C)c(C)s1. The van der Waals surface area contributed by atoms with Crippen molar-refractivity contribution in [3.05, 3.63) is 10.6 Å². The van der Waals surface area contributed by atoms with Gasteiger partial charge in [-0.1, -0.05) is 0 Å². The Labute approximate surface area is 94.1 Å². The summed E-state index contributed by atoms with van der Waals surface area (Å²) in [4.78, 5) is 5.74. The van der Waals surface area contributed by atoms with Crippen LogP contribution in [0.15, 0.2) is 0 Å². The first-order valence-electron chi connectivity index (χ1n) is 5.15. The van der Waals surface area contributed by atoms with Crippen LogP contribution in [-0.2, 0) is 4.74 Å². The van der Waals surface area contributed by atoms with Crippen molar-refractivity contribution in [3.8, 4) is 0 Å². The molecule has 2 heterocycles. The predicted octanol–water partition coefficient (Wildman–Crippen LogP) is 1.16. The molecule has 2 N–H and O–H groups in total. The highest BCUT2D eigenvalue weighted by Gasteiger charge is 2.27. The highest BCUT2D eigenvalue weighted by Crippen LogP contribution is 2.23.